The molecule has 8 nitrogen and oxygen atoms in total. The molecule has 0 heterocycles. The van der Waals surface area contributed by atoms with E-state index in [0.29, 0.717) is 52.2 Å². The van der Waals surface area contributed by atoms with E-state index in [-0.39, 0.29) is 0 Å². The molecule has 0 aliphatic rings. The van der Waals surface area contributed by atoms with Crippen LogP contribution in [0, 0.1) is 0 Å². The Kier molecular flexibility index (Phi) is 11.4. The van der Waals surface area contributed by atoms with Crippen molar-refractivity contribution < 1.29 is 28.9 Å². The van der Waals surface area contributed by atoms with E-state index in [2.05, 4.69) is 0 Å². The lowest BCUT2D eigenvalue weighted by Crippen LogP contribution is -2.39. The van der Waals surface area contributed by atoms with Gasteiger partial charge in [0.1, 0.15) is 11.6 Å². The van der Waals surface area contributed by atoms with Crippen molar-refractivity contribution in [3.05, 3.63) is 0 Å². The zero-order valence-electron chi connectivity index (χ0n) is 15.2. The summed E-state index contributed by atoms with van der Waals surface area (Å²) in [5.41, 5.74) is 4.89. The van der Waals surface area contributed by atoms with Crippen LogP contribution in [0.1, 0.15) is 40.0 Å². The highest BCUT2D eigenvalue weighted by atomic mass is 16.6. The Hall–Kier alpha value is -1.38. The predicted molar refractivity (Wildman–Crippen MR) is 90.0 cm³/mol. The van der Waals surface area contributed by atoms with Crippen LogP contribution in [0.3, 0.4) is 0 Å². The quantitative estimate of drug-likeness (QED) is 0.514. The molecule has 0 unspecified atom stereocenters. The Morgan fingerprint density at radius 1 is 1.12 bits per heavy atom. The van der Waals surface area contributed by atoms with Crippen molar-refractivity contribution in [3.63, 3.8) is 0 Å². The molecule has 8 heteroatoms. The first-order valence-corrected chi connectivity index (χ1v) is 8.20. The molecule has 1 atom stereocenters. The first-order chi connectivity index (χ1) is 11.2. The summed E-state index contributed by atoms with van der Waals surface area (Å²) >= 11 is 0. The molecule has 0 aromatic heterocycles. The fourth-order valence-electron chi connectivity index (χ4n) is 1.83. The van der Waals surface area contributed by atoms with Crippen molar-refractivity contribution in [2.45, 2.75) is 51.7 Å². The standard InChI is InChI=1S/C16H32N2O6/c1-16(2,3)24-15(21)18(9-10-23-12-11-22-4)8-6-5-7-13(17)14(19)20/h13H,5-12,17H2,1-4H3,(H,19,20)/t13-/m1/s1. The Labute approximate surface area is 144 Å². The monoisotopic (exact) mass is 348 g/mol. The minimum absolute atomic E-state index is 0.377. The van der Waals surface area contributed by atoms with Gasteiger partial charge in [-0.05, 0) is 40.0 Å². The number of ether oxygens (including phenoxy) is 3. The van der Waals surface area contributed by atoms with Gasteiger partial charge in [0.25, 0.3) is 0 Å². The lowest BCUT2D eigenvalue weighted by atomic mass is 10.1. The maximum atomic E-state index is 12.2. The second-order valence-corrected chi connectivity index (χ2v) is 6.51. The van der Waals surface area contributed by atoms with E-state index in [1.54, 1.807) is 12.0 Å². The fraction of sp³-hybridized carbons (Fsp3) is 0.875. The number of hydrogen-bond donors (Lipinski definition) is 2. The van der Waals surface area contributed by atoms with Crippen molar-refractivity contribution in [1.82, 2.24) is 4.90 Å². The topological polar surface area (TPSA) is 111 Å². The average molecular weight is 348 g/mol. The lowest BCUT2D eigenvalue weighted by Gasteiger charge is -2.27. The van der Waals surface area contributed by atoms with Crippen molar-refractivity contribution in [2.75, 3.05) is 40.0 Å². The molecule has 0 aromatic rings. The highest BCUT2D eigenvalue weighted by molar-refractivity contribution is 5.72. The molecule has 0 radical (unpaired) electrons. The highest BCUT2D eigenvalue weighted by Gasteiger charge is 2.22. The Morgan fingerprint density at radius 2 is 1.79 bits per heavy atom. The van der Waals surface area contributed by atoms with Crippen LogP contribution in [-0.2, 0) is 19.0 Å². The van der Waals surface area contributed by atoms with E-state index < -0.39 is 23.7 Å². The van der Waals surface area contributed by atoms with E-state index in [4.69, 9.17) is 25.1 Å². The van der Waals surface area contributed by atoms with E-state index in [1.807, 2.05) is 20.8 Å². The number of methoxy groups -OCH3 is 1. The van der Waals surface area contributed by atoms with Gasteiger partial charge in [0.2, 0.25) is 0 Å². The molecule has 24 heavy (non-hydrogen) atoms. The molecule has 0 fully saturated rings. The maximum Gasteiger partial charge on any atom is 0.410 e. The van der Waals surface area contributed by atoms with Gasteiger partial charge in [-0.15, -0.1) is 0 Å². The summed E-state index contributed by atoms with van der Waals surface area (Å²) in [6.07, 6.45) is 1.25. The van der Waals surface area contributed by atoms with Crippen LogP contribution < -0.4 is 5.73 Å². The van der Waals surface area contributed by atoms with Gasteiger partial charge in [-0.1, -0.05) is 0 Å². The molecule has 0 saturated heterocycles. The summed E-state index contributed by atoms with van der Waals surface area (Å²) in [5.74, 6) is -1.01. The molecule has 0 saturated carbocycles. The zero-order valence-corrected chi connectivity index (χ0v) is 15.2. The zero-order chi connectivity index (χ0) is 18.6. The number of carboxylic acid groups (broad SMARTS) is 1. The molecule has 0 spiro atoms. The number of nitrogens with two attached hydrogens (primary N) is 1. The molecular weight excluding hydrogens is 316 g/mol. The third-order valence-corrected chi connectivity index (χ3v) is 3.10. The summed E-state index contributed by atoms with van der Waals surface area (Å²) in [7, 11) is 1.60. The number of carboxylic acids is 1. The van der Waals surface area contributed by atoms with Gasteiger partial charge in [-0.25, -0.2) is 4.79 Å². The number of aliphatic carboxylic acids is 1. The molecule has 0 aliphatic heterocycles. The highest BCUT2D eigenvalue weighted by Crippen LogP contribution is 2.11. The van der Waals surface area contributed by atoms with Crippen LogP contribution >= 0.6 is 0 Å². The number of amides is 1. The maximum absolute atomic E-state index is 12.2. The van der Waals surface area contributed by atoms with E-state index in [0.717, 1.165) is 0 Å². The van der Waals surface area contributed by atoms with Gasteiger partial charge < -0.3 is 30.0 Å². The number of hydrogen-bond acceptors (Lipinski definition) is 6. The van der Waals surface area contributed by atoms with Crippen LogP contribution in [-0.4, -0.2) is 73.7 Å². The van der Waals surface area contributed by atoms with Gasteiger partial charge in [0.05, 0.1) is 19.8 Å². The SMILES string of the molecule is COCCOCCN(CCCC[C@@H](N)C(=O)O)C(=O)OC(C)(C)C. The van der Waals surface area contributed by atoms with Crippen LogP contribution in [0.4, 0.5) is 4.79 Å². The molecular formula is C16H32N2O6. The molecule has 142 valence electrons. The molecule has 0 aliphatic carbocycles. The molecule has 1 amide bonds. The molecule has 3 N–H and O–H groups in total. The van der Waals surface area contributed by atoms with Gasteiger partial charge in [-0.3, -0.25) is 4.79 Å². The molecule has 0 bridgehead atoms. The summed E-state index contributed by atoms with van der Waals surface area (Å²) in [6, 6.07) is -0.864. The van der Waals surface area contributed by atoms with Gasteiger partial charge in [-0.2, -0.15) is 0 Å². The van der Waals surface area contributed by atoms with Crippen LogP contribution in [0.5, 0.6) is 0 Å². The van der Waals surface area contributed by atoms with E-state index in [1.165, 1.54) is 0 Å². The second kappa shape index (κ2) is 12.0. The minimum Gasteiger partial charge on any atom is -0.480 e. The minimum atomic E-state index is -1.01. The number of carbonyl (C=O) groups is 2. The third-order valence-electron chi connectivity index (χ3n) is 3.10. The van der Waals surface area contributed by atoms with Crippen LogP contribution in [0.2, 0.25) is 0 Å². The number of nitrogens with zero attached hydrogens (tertiary/aromatic N) is 1. The van der Waals surface area contributed by atoms with Crippen molar-refractivity contribution in [1.29, 1.82) is 0 Å². The second-order valence-electron chi connectivity index (χ2n) is 6.51. The number of rotatable bonds is 12. The fourth-order valence-corrected chi connectivity index (χ4v) is 1.83. The normalized spacial score (nSPS) is 12.7. The molecule has 0 aromatic carbocycles. The van der Waals surface area contributed by atoms with Crippen LogP contribution in [0.15, 0.2) is 0 Å². The van der Waals surface area contributed by atoms with Crippen molar-refractivity contribution >= 4 is 12.1 Å². The predicted octanol–water partition coefficient (Wildman–Crippen LogP) is 1.47. The Balaban J connectivity index is 4.30. The number of unbranched alkanes of at least 4 members (excludes halogenated alkanes) is 1. The molecule has 0 rings (SSSR count). The van der Waals surface area contributed by atoms with E-state index in [9.17, 15) is 9.59 Å². The smallest absolute Gasteiger partial charge is 0.410 e. The van der Waals surface area contributed by atoms with Gasteiger partial charge in [0, 0.05) is 20.2 Å². The van der Waals surface area contributed by atoms with Crippen molar-refractivity contribution in [3.8, 4) is 0 Å². The summed E-state index contributed by atoms with van der Waals surface area (Å²) in [6.45, 7) is 7.65. The Morgan fingerprint density at radius 3 is 2.33 bits per heavy atom. The third kappa shape index (κ3) is 12.1. The number of carbonyl (C=O) groups excluding carboxylic acids is 1. The summed E-state index contributed by atoms with van der Waals surface area (Å²) in [5, 5.41) is 8.76. The Bertz CT molecular complexity index is 370. The summed E-state index contributed by atoms with van der Waals surface area (Å²) < 4.78 is 15.7. The summed E-state index contributed by atoms with van der Waals surface area (Å²) in [4.78, 5) is 24.5. The largest absolute Gasteiger partial charge is 0.480 e. The lowest BCUT2D eigenvalue weighted by molar-refractivity contribution is -0.138. The van der Waals surface area contributed by atoms with Gasteiger partial charge >= 0.3 is 12.1 Å². The first-order valence-electron chi connectivity index (χ1n) is 8.20. The van der Waals surface area contributed by atoms with E-state index >= 15 is 0 Å². The van der Waals surface area contributed by atoms with Gasteiger partial charge in [0.15, 0.2) is 0 Å². The average Bonchev–Trinajstić information content (AvgIpc) is 2.46. The van der Waals surface area contributed by atoms with Crippen molar-refractivity contribution in [2.24, 2.45) is 5.73 Å². The first kappa shape index (κ1) is 22.6. The van der Waals surface area contributed by atoms with Crippen LogP contribution in [0.25, 0.3) is 0 Å².